The summed E-state index contributed by atoms with van der Waals surface area (Å²) >= 11 is 0.381. The van der Waals surface area contributed by atoms with Gasteiger partial charge in [-0.15, -0.1) is 0 Å². The third-order valence-corrected chi connectivity index (χ3v) is 7.05. The van der Waals surface area contributed by atoms with E-state index < -0.39 is 0 Å². The standard InChI is InChI=1S/C17H13NSSe/c1-2-8-14(9-3-1)20-19-17-12-5-4-10-15(17)16-11-6-7-13-18-16/h1-13H. The number of hydrogen-bond donors (Lipinski definition) is 0. The first kappa shape index (κ1) is 13.4. The van der Waals surface area contributed by atoms with Gasteiger partial charge in [0.25, 0.3) is 0 Å². The molecule has 3 aromatic rings. The van der Waals surface area contributed by atoms with Crippen molar-refractivity contribution in [3.05, 3.63) is 79.0 Å². The van der Waals surface area contributed by atoms with Crippen LogP contribution in [-0.2, 0) is 0 Å². The Bertz CT molecular complexity index is 671. The molecule has 0 radical (unpaired) electrons. The van der Waals surface area contributed by atoms with E-state index in [1.807, 2.05) is 28.5 Å². The van der Waals surface area contributed by atoms with E-state index in [0.29, 0.717) is 13.8 Å². The second-order valence-electron chi connectivity index (χ2n) is 4.19. The first-order chi connectivity index (χ1) is 9.93. The van der Waals surface area contributed by atoms with Gasteiger partial charge in [-0.2, -0.15) is 0 Å². The molecule has 0 unspecified atom stereocenters. The van der Waals surface area contributed by atoms with E-state index in [4.69, 9.17) is 0 Å². The zero-order chi connectivity index (χ0) is 13.6. The summed E-state index contributed by atoms with van der Waals surface area (Å²) in [5.74, 6) is 0. The van der Waals surface area contributed by atoms with E-state index >= 15 is 0 Å². The van der Waals surface area contributed by atoms with Crippen molar-refractivity contribution in [2.24, 2.45) is 0 Å². The molecule has 0 saturated heterocycles. The van der Waals surface area contributed by atoms with Crippen LogP contribution in [0.1, 0.15) is 0 Å². The minimum absolute atomic E-state index is 0.381. The van der Waals surface area contributed by atoms with Gasteiger partial charge in [0.15, 0.2) is 0 Å². The van der Waals surface area contributed by atoms with Crippen molar-refractivity contribution in [1.29, 1.82) is 0 Å². The van der Waals surface area contributed by atoms with Gasteiger partial charge in [-0.3, -0.25) is 0 Å². The molecule has 1 heterocycles. The molecule has 3 heteroatoms. The fraction of sp³-hybridized carbons (Fsp3) is 0. The number of hydrogen-bond acceptors (Lipinski definition) is 2. The first-order valence-corrected chi connectivity index (χ1v) is 10.0. The van der Waals surface area contributed by atoms with Crippen LogP contribution >= 0.6 is 10.2 Å². The summed E-state index contributed by atoms with van der Waals surface area (Å²) in [5, 5.41) is 0. The third kappa shape index (κ3) is 3.31. The van der Waals surface area contributed by atoms with Crippen LogP contribution in [0.2, 0.25) is 0 Å². The summed E-state index contributed by atoms with van der Waals surface area (Å²) in [6.07, 6.45) is 1.85. The second-order valence-corrected chi connectivity index (χ2v) is 8.05. The van der Waals surface area contributed by atoms with E-state index in [9.17, 15) is 0 Å². The van der Waals surface area contributed by atoms with Crippen LogP contribution in [-0.4, -0.2) is 18.8 Å². The maximum absolute atomic E-state index is 4.46. The normalized spacial score (nSPS) is 10.4. The van der Waals surface area contributed by atoms with Crippen molar-refractivity contribution in [1.82, 2.24) is 4.98 Å². The van der Waals surface area contributed by atoms with E-state index in [0.717, 1.165) is 5.69 Å². The Kier molecular flexibility index (Phi) is 4.54. The van der Waals surface area contributed by atoms with Gasteiger partial charge in [0, 0.05) is 0 Å². The number of rotatable bonds is 4. The minimum atomic E-state index is 0.381. The Morgan fingerprint density at radius 2 is 1.50 bits per heavy atom. The molecule has 0 fully saturated rings. The summed E-state index contributed by atoms with van der Waals surface area (Å²) in [7, 11) is 1.92. The Balaban J connectivity index is 1.84. The monoisotopic (exact) mass is 343 g/mol. The van der Waals surface area contributed by atoms with Crippen LogP contribution in [0, 0.1) is 0 Å². The van der Waals surface area contributed by atoms with Crippen LogP contribution < -0.4 is 4.46 Å². The molecule has 98 valence electrons. The molecule has 0 bridgehead atoms. The van der Waals surface area contributed by atoms with Crippen molar-refractivity contribution in [3.63, 3.8) is 0 Å². The van der Waals surface area contributed by atoms with Crippen LogP contribution in [0.15, 0.2) is 83.9 Å². The molecule has 0 aliphatic carbocycles. The molecule has 0 spiro atoms. The van der Waals surface area contributed by atoms with Crippen molar-refractivity contribution in [2.75, 3.05) is 0 Å². The molecule has 20 heavy (non-hydrogen) atoms. The Morgan fingerprint density at radius 3 is 2.30 bits per heavy atom. The zero-order valence-corrected chi connectivity index (χ0v) is 13.3. The van der Waals surface area contributed by atoms with Crippen LogP contribution in [0.5, 0.6) is 0 Å². The Morgan fingerprint density at radius 1 is 0.750 bits per heavy atom. The van der Waals surface area contributed by atoms with Gasteiger partial charge in [0.05, 0.1) is 0 Å². The van der Waals surface area contributed by atoms with E-state index in [2.05, 4.69) is 65.6 Å². The molecular formula is C17H13NSSe. The van der Waals surface area contributed by atoms with Crippen molar-refractivity contribution in [2.45, 2.75) is 4.90 Å². The molecule has 2 aromatic carbocycles. The topological polar surface area (TPSA) is 12.9 Å². The van der Waals surface area contributed by atoms with Gasteiger partial charge in [0.1, 0.15) is 0 Å². The molecule has 1 nitrogen and oxygen atoms in total. The molecule has 1 aromatic heterocycles. The predicted molar refractivity (Wildman–Crippen MR) is 87.4 cm³/mol. The quantitative estimate of drug-likeness (QED) is 0.669. The fourth-order valence-corrected chi connectivity index (χ4v) is 5.65. The SMILES string of the molecule is c1ccc([Se]Sc2ccccc2-c2ccccn2)cc1. The first-order valence-electron chi connectivity index (χ1n) is 6.33. The summed E-state index contributed by atoms with van der Waals surface area (Å²) in [4.78, 5) is 5.76. The van der Waals surface area contributed by atoms with Crippen molar-refractivity contribution >= 4 is 28.5 Å². The molecule has 0 N–H and O–H groups in total. The third-order valence-electron chi connectivity index (χ3n) is 2.80. The van der Waals surface area contributed by atoms with E-state index in [1.54, 1.807) is 0 Å². The Hall–Kier alpha value is -1.54. The molecule has 3 rings (SSSR count). The number of benzene rings is 2. The van der Waals surface area contributed by atoms with Gasteiger partial charge < -0.3 is 0 Å². The van der Waals surface area contributed by atoms with Gasteiger partial charge >= 0.3 is 129 Å². The molecule has 0 saturated carbocycles. The van der Waals surface area contributed by atoms with E-state index in [-0.39, 0.29) is 0 Å². The summed E-state index contributed by atoms with van der Waals surface area (Å²) < 4.78 is 1.40. The van der Waals surface area contributed by atoms with Gasteiger partial charge in [0.2, 0.25) is 0 Å². The average molecular weight is 342 g/mol. The zero-order valence-electron chi connectivity index (χ0n) is 10.8. The van der Waals surface area contributed by atoms with Crippen LogP contribution in [0.3, 0.4) is 0 Å². The molecular weight excluding hydrogens is 329 g/mol. The van der Waals surface area contributed by atoms with Crippen molar-refractivity contribution < 1.29 is 0 Å². The van der Waals surface area contributed by atoms with Gasteiger partial charge in [-0.25, -0.2) is 0 Å². The Labute approximate surface area is 128 Å². The molecule has 0 atom stereocenters. The van der Waals surface area contributed by atoms with Crippen molar-refractivity contribution in [3.8, 4) is 11.3 Å². The van der Waals surface area contributed by atoms with Gasteiger partial charge in [-0.05, 0) is 0 Å². The average Bonchev–Trinajstić information content (AvgIpc) is 2.55. The molecule has 0 amide bonds. The second kappa shape index (κ2) is 6.76. The summed E-state index contributed by atoms with van der Waals surface area (Å²) in [6, 6.07) is 25.2. The number of aromatic nitrogens is 1. The molecule has 0 aliphatic heterocycles. The number of nitrogens with zero attached hydrogens (tertiary/aromatic N) is 1. The molecule has 0 aliphatic rings. The number of pyridine rings is 1. The fourth-order valence-electron chi connectivity index (χ4n) is 1.84. The van der Waals surface area contributed by atoms with E-state index in [1.165, 1.54) is 14.9 Å². The van der Waals surface area contributed by atoms with Crippen LogP contribution in [0.25, 0.3) is 11.3 Å². The van der Waals surface area contributed by atoms with Crippen LogP contribution in [0.4, 0.5) is 0 Å². The van der Waals surface area contributed by atoms with Gasteiger partial charge in [-0.1, -0.05) is 0 Å². The maximum atomic E-state index is 4.46. The summed E-state index contributed by atoms with van der Waals surface area (Å²) in [6.45, 7) is 0. The summed E-state index contributed by atoms with van der Waals surface area (Å²) in [5.41, 5.74) is 2.26. The predicted octanol–water partition coefficient (Wildman–Crippen LogP) is 3.79.